The summed E-state index contributed by atoms with van der Waals surface area (Å²) >= 11 is 0. The molecule has 0 spiro atoms. The van der Waals surface area contributed by atoms with Gasteiger partial charge in [-0.25, -0.2) is 4.39 Å². The Morgan fingerprint density at radius 1 is 1.43 bits per heavy atom. The Morgan fingerprint density at radius 2 is 2.29 bits per heavy atom. The van der Waals surface area contributed by atoms with Crippen LogP contribution < -0.4 is 5.32 Å². The van der Waals surface area contributed by atoms with Crippen LogP contribution in [0.25, 0.3) is 0 Å². The first kappa shape index (κ1) is 16.4. The van der Waals surface area contributed by atoms with Gasteiger partial charge in [0.2, 0.25) is 0 Å². The maximum Gasteiger partial charge on any atom is 0.123 e. The highest BCUT2D eigenvalue weighted by atomic mass is 19.1. The maximum atomic E-state index is 13.5. The number of ether oxygens (including phenoxy) is 2. The van der Waals surface area contributed by atoms with Crippen LogP contribution in [0.4, 0.5) is 4.39 Å². The minimum atomic E-state index is -0.171. The molecule has 118 valence electrons. The van der Waals surface area contributed by atoms with Crippen LogP contribution in [0.2, 0.25) is 0 Å². The molecular formula is C17H26FNO2. The second kappa shape index (κ2) is 8.47. The number of halogens is 1. The predicted molar refractivity (Wildman–Crippen MR) is 82.1 cm³/mol. The Kier molecular flexibility index (Phi) is 6.61. The van der Waals surface area contributed by atoms with Gasteiger partial charge in [0.1, 0.15) is 5.82 Å². The molecule has 1 aromatic rings. The van der Waals surface area contributed by atoms with Crippen molar-refractivity contribution in [2.45, 2.75) is 44.3 Å². The minimum absolute atomic E-state index is 0.171. The van der Waals surface area contributed by atoms with Gasteiger partial charge in [-0.05, 0) is 49.8 Å². The molecule has 1 fully saturated rings. The summed E-state index contributed by atoms with van der Waals surface area (Å²) in [5.41, 5.74) is 1.04. The number of hydrogen-bond donors (Lipinski definition) is 1. The van der Waals surface area contributed by atoms with E-state index in [1.807, 2.05) is 6.07 Å². The van der Waals surface area contributed by atoms with E-state index in [4.69, 9.17) is 9.47 Å². The van der Waals surface area contributed by atoms with E-state index in [9.17, 15) is 4.39 Å². The lowest BCUT2D eigenvalue weighted by Crippen LogP contribution is -2.27. The molecule has 4 heteroatoms. The molecule has 3 atom stereocenters. The van der Waals surface area contributed by atoms with Gasteiger partial charge in [-0.1, -0.05) is 12.1 Å². The molecule has 1 heterocycles. The number of nitrogens with one attached hydrogen (secondary N) is 1. The third-order valence-corrected chi connectivity index (χ3v) is 4.06. The largest absolute Gasteiger partial charge is 0.383 e. The van der Waals surface area contributed by atoms with E-state index in [0.29, 0.717) is 12.7 Å². The van der Waals surface area contributed by atoms with Crippen molar-refractivity contribution in [3.8, 4) is 0 Å². The third kappa shape index (κ3) is 5.38. The molecule has 3 unspecified atom stereocenters. The van der Waals surface area contributed by atoms with E-state index in [1.54, 1.807) is 19.2 Å². The van der Waals surface area contributed by atoms with Crippen molar-refractivity contribution in [3.05, 3.63) is 35.6 Å². The molecule has 2 rings (SSSR count). The molecule has 0 saturated carbocycles. The second-order valence-electron chi connectivity index (χ2n) is 5.83. The predicted octanol–water partition coefficient (Wildman–Crippen LogP) is 3.10. The summed E-state index contributed by atoms with van der Waals surface area (Å²) in [7, 11) is 1.69. The van der Waals surface area contributed by atoms with Crippen LogP contribution in [-0.2, 0) is 9.47 Å². The first-order valence-corrected chi connectivity index (χ1v) is 7.79. The maximum absolute atomic E-state index is 13.5. The van der Waals surface area contributed by atoms with Gasteiger partial charge in [0, 0.05) is 20.2 Å². The summed E-state index contributed by atoms with van der Waals surface area (Å²) < 4.78 is 24.4. The van der Waals surface area contributed by atoms with Gasteiger partial charge < -0.3 is 14.8 Å². The van der Waals surface area contributed by atoms with Gasteiger partial charge in [-0.3, -0.25) is 0 Å². The molecule has 1 N–H and O–H groups in total. The summed E-state index contributed by atoms with van der Waals surface area (Å²) in [6.45, 7) is 4.44. The van der Waals surface area contributed by atoms with E-state index >= 15 is 0 Å². The first-order chi connectivity index (χ1) is 10.2. The van der Waals surface area contributed by atoms with Crippen LogP contribution in [-0.4, -0.2) is 39.0 Å². The third-order valence-electron chi connectivity index (χ3n) is 4.06. The molecule has 0 radical (unpaired) electrons. The Bertz CT molecular complexity index is 427. The molecular weight excluding hydrogens is 269 g/mol. The molecule has 1 aliphatic heterocycles. The Morgan fingerprint density at radius 3 is 2.95 bits per heavy atom. The first-order valence-electron chi connectivity index (χ1n) is 7.79. The standard InChI is InChI=1S/C17H26FNO2/c1-13-6-7-17(21-13)11-15(12-19-8-9-20-2)14-4-3-5-16(18)10-14/h3-5,10,13,15,17,19H,6-9,11-12H2,1-2H3. The molecule has 0 aliphatic carbocycles. The van der Waals surface area contributed by atoms with Gasteiger partial charge in [0.05, 0.1) is 18.8 Å². The van der Waals surface area contributed by atoms with E-state index in [1.165, 1.54) is 6.07 Å². The van der Waals surface area contributed by atoms with Crippen molar-refractivity contribution in [2.24, 2.45) is 0 Å². The zero-order chi connectivity index (χ0) is 15.1. The fourth-order valence-electron chi connectivity index (χ4n) is 2.92. The van der Waals surface area contributed by atoms with E-state index in [0.717, 1.165) is 37.9 Å². The number of hydrogen-bond acceptors (Lipinski definition) is 3. The van der Waals surface area contributed by atoms with Crippen LogP contribution in [0.3, 0.4) is 0 Å². The molecule has 3 nitrogen and oxygen atoms in total. The van der Waals surface area contributed by atoms with Crippen LogP contribution in [0.5, 0.6) is 0 Å². The highest BCUT2D eigenvalue weighted by molar-refractivity contribution is 5.21. The van der Waals surface area contributed by atoms with Crippen molar-refractivity contribution in [3.63, 3.8) is 0 Å². The fraction of sp³-hybridized carbons (Fsp3) is 0.647. The van der Waals surface area contributed by atoms with E-state index in [2.05, 4.69) is 12.2 Å². The van der Waals surface area contributed by atoms with Crippen molar-refractivity contribution in [1.29, 1.82) is 0 Å². The SMILES string of the molecule is COCCNCC(CC1CCC(C)O1)c1cccc(F)c1. The molecule has 1 aromatic carbocycles. The number of methoxy groups -OCH3 is 1. The van der Waals surface area contributed by atoms with Crippen molar-refractivity contribution < 1.29 is 13.9 Å². The zero-order valence-electron chi connectivity index (χ0n) is 13.0. The average molecular weight is 295 g/mol. The van der Waals surface area contributed by atoms with Gasteiger partial charge >= 0.3 is 0 Å². The highest BCUT2D eigenvalue weighted by Gasteiger charge is 2.25. The van der Waals surface area contributed by atoms with E-state index in [-0.39, 0.29) is 17.8 Å². The molecule has 0 amide bonds. The molecule has 0 bridgehead atoms. The average Bonchev–Trinajstić information content (AvgIpc) is 2.87. The van der Waals surface area contributed by atoms with Crippen LogP contribution >= 0.6 is 0 Å². The lowest BCUT2D eigenvalue weighted by molar-refractivity contribution is 0.0465. The van der Waals surface area contributed by atoms with E-state index < -0.39 is 0 Å². The topological polar surface area (TPSA) is 30.5 Å². The van der Waals surface area contributed by atoms with Crippen molar-refractivity contribution in [2.75, 3.05) is 26.8 Å². The quantitative estimate of drug-likeness (QED) is 0.748. The lowest BCUT2D eigenvalue weighted by Gasteiger charge is -2.22. The van der Waals surface area contributed by atoms with Gasteiger partial charge in [0.15, 0.2) is 0 Å². The summed E-state index contributed by atoms with van der Waals surface area (Å²) in [6, 6.07) is 6.92. The smallest absolute Gasteiger partial charge is 0.123 e. The monoisotopic (exact) mass is 295 g/mol. The van der Waals surface area contributed by atoms with Crippen LogP contribution in [0, 0.1) is 5.82 Å². The second-order valence-corrected chi connectivity index (χ2v) is 5.83. The number of benzene rings is 1. The van der Waals surface area contributed by atoms with Crippen molar-refractivity contribution in [1.82, 2.24) is 5.32 Å². The Hall–Kier alpha value is -0.970. The number of rotatable bonds is 8. The summed E-state index contributed by atoms with van der Waals surface area (Å²) in [4.78, 5) is 0. The summed E-state index contributed by atoms with van der Waals surface area (Å²) in [5.74, 6) is 0.1000. The molecule has 0 aromatic heterocycles. The zero-order valence-corrected chi connectivity index (χ0v) is 13.0. The van der Waals surface area contributed by atoms with Crippen LogP contribution in [0.1, 0.15) is 37.7 Å². The fourth-order valence-corrected chi connectivity index (χ4v) is 2.92. The Balaban J connectivity index is 1.96. The minimum Gasteiger partial charge on any atom is -0.383 e. The van der Waals surface area contributed by atoms with Gasteiger partial charge in [-0.2, -0.15) is 0 Å². The molecule has 21 heavy (non-hydrogen) atoms. The van der Waals surface area contributed by atoms with Gasteiger partial charge in [-0.15, -0.1) is 0 Å². The summed E-state index contributed by atoms with van der Waals surface area (Å²) in [5, 5.41) is 3.39. The van der Waals surface area contributed by atoms with Crippen LogP contribution in [0.15, 0.2) is 24.3 Å². The molecule has 1 aliphatic rings. The molecule has 1 saturated heterocycles. The normalized spacial score (nSPS) is 23.4. The van der Waals surface area contributed by atoms with Crippen molar-refractivity contribution >= 4 is 0 Å². The lowest BCUT2D eigenvalue weighted by atomic mass is 9.92. The van der Waals surface area contributed by atoms with Gasteiger partial charge in [0.25, 0.3) is 0 Å². The summed E-state index contributed by atoms with van der Waals surface area (Å²) in [6.07, 6.45) is 3.80. The Labute approximate surface area is 126 Å². The highest BCUT2D eigenvalue weighted by Crippen LogP contribution is 2.29.